The van der Waals surface area contributed by atoms with Gasteiger partial charge in [-0.3, -0.25) is 0 Å². The van der Waals surface area contributed by atoms with Crippen LogP contribution in [0, 0.1) is 6.92 Å². The number of aromatic nitrogens is 1. The molecule has 0 amide bonds. The molecule has 0 saturated heterocycles. The maximum atomic E-state index is 6.15. The molecule has 0 radical (unpaired) electrons. The lowest BCUT2D eigenvalue weighted by Crippen LogP contribution is -2.06. The molecule has 0 spiro atoms. The van der Waals surface area contributed by atoms with Crippen molar-refractivity contribution in [1.82, 2.24) is 4.98 Å². The Bertz CT molecular complexity index is 527. The van der Waals surface area contributed by atoms with Crippen LogP contribution in [0.25, 0.3) is 0 Å². The Balaban J connectivity index is 2.12. The number of ether oxygens (including phenoxy) is 1. The molecule has 18 heavy (non-hydrogen) atoms. The molecule has 0 fully saturated rings. The first-order chi connectivity index (χ1) is 8.70. The Labute approximate surface area is 116 Å². The second-order valence-electron chi connectivity index (χ2n) is 3.91. The van der Waals surface area contributed by atoms with Crippen molar-refractivity contribution in [2.24, 2.45) is 5.73 Å². The van der Waals surface area contributed by atoms with Gasteiger partial charge in [-0.15, -0.1) is 11.3 Å². The number of benzene rings is 1. The van der Waals surface area contributed by atoms with Crippen LogP contribution in [-0.2, 0) is 13.0 Å². The summed E-state index contributed by atoms with van der Waals surface area (Å²) in [7, 11) is 0. The van der Waals surface area contributed by atoms with Gasteiger partial charge in [-0.1, -0.05) is 23.7 Å². The van der Waals surface area contributed by atoms with Gasteiger partial charge in [-0.25, -0.2) is 4.98 Å². The minimum absolute atomic E-state index is 0.436. The minimum Gasteiger partial charge on any atom is -0.485 e. The molecule has 2 rings (SSSR count). The highest BCUT2D eigenvalue weighted by Crippen LogP contribution is 2.29. The van der Waals surface area contributed by atoms with Crippen LogP contribution in [0.3, 0.4) is 0 Å². The second kappa shape index (κ2) is 6.18. The van der Waals surface area contributed by atoms with Crippen LogP contribution in [0.1, 0.15) is 16.3 Å². The van der Waals surface area contributed by atoms with E-state index in [9.17, 15) is 0 Å². The van der Waals surface area contributed by atoms with Crippen LogP contribution in [0.15, 0.2) is 23.6 Å². The topological polar surface area (TPSA) is 48.1 Å². The number of hydrogen-bond acceptors (Lipinski definition) is 4. The Hall–Kier alpha value is -1.10. The average molecular weight is 283 g/mol. The van der Waals surface area contributed by atoms with Gasteiger partial charge in [-0.2, -0.15) is 0 Å². The Morgan fingerprint density at radius 3 is 2.94 bits per heavy atom. The lowest BCUT2D eigenvalue weighted by molar-refractivity contribution is 0.299. The molecule has 1 aromatic carbocycles. The fraction of sp³-hybridized carbons (Fsp3) is 0.308. The van der Waals surface area contributed by atoms with E-state index in [1.54, 1.807) is 11.3 Å². The molecular weight excluding hydrogens is 268 g/mol. The van der Waals surface area contributed by atoms with Crippen molar-refractivity contribution in [3.63, 3.8) is 0 Å². The quantitative estimate of drug-likeness (QED) is 0.916. The predicted octanol–water partition coefficient (Wildman–Crippen LogP) is 3.19. The smallest absolute Gasteiger partial charge is 0.141 e. The van der Waals surface area contributed by atoms with E-state index >= 15 is 0 Å². The molecule has 0 saturated carbocycles. The van der Waals surface area contributed by atoms with Crippen LogP contribution in [0.5, 0.6) is 5.75 Å². The average Bonchev–Trinajstić information content (AvgIpc) is 2.75. The number of halogens is 1. The molecule has 96 valence electrons. The van der Waals surface area contributed by atoms with E-state index < -0.39 is 0 Å². The molecule has 0 unspecified atom stereocenters. The van der Waals surface area contributed by atoms with Gasteiger partial charge in [0.05, 0.1) is 15.7 Å². The Morgan fingerprint density at radius 1 is 1.44 bits per heavy atom. The summed E-state index contributed by atoms with van der Waals surface area (Å²) < 4.78 is 5.78. The number of para-hydroxylation sites is 1. The van der Waals surface area contributed by atoms with Gasteiger partial charge in [0.25, 0.3) is 0 Å². The first kappa shape index (κ1) is 13.3. The first-order valence-corrected chi connectivity index (χ1v) is 6.97. The van der Waals surface area contributed by atoms with E-state index in [1.165, 1.54) is 0 Å². The van der Waals surface area contributed by atoms with E-state index in [1.807, 2.05) is 30.5 Å². The summed E-state index contributed by atoms with van der Waals surface area (Å²) in [5.41, 5.74) is 7.55. The van der Waals surface area contributed by atoms with Crippen LogP contribution in [0.4, 0.5) is 0 Å². The zero-order chi connectivity index (χ0) is 13.0. The van der Waals surface area contributed by atoms with E-state index in [0.717, 1.165) is 28.4 Å². The lowest BCUT2D eigenvalue weighted by Gasteiger charge is -2.11. The van der Waals surface area contributed by atoms with Gasteiger partial charge in [0.2, 0.25) is 0 Å². The molecule has 0 aliphatic heterocycles. The molecule has 1 aromatic heterocycles. The maximum absolute atomic E-state index is 6.15. The molecule has 2 aromatic rings. The van der Waals surface area contributed by atoms with Gasteiger partial charge in [-0.05, 0) is 31.5 Å². The van der Waals surface area contributed by atoms with Crippen molar-refractivity contribution >= 4 is 22.9 Å². The van der Waals surface area contributed by atoms with Crippen molar-refractivity contribution in [3.05, 3.63) is 44.9 Å². The van der Waals surface area contributed by atoms with Crippen molar-refractivity contribution in [3.8, 4) is 5.75 Å². The highest BCUT2D eigenvalue weighted by Gasteiger charge is 2.09. The standard InChI is InChI=1S/C13H15ClN2OS/c1-9-16-11(8-18-9)7-17-13-10(5-6-15)3-2-4-12(13)14/h2-4,8H,5-7,15H2,1H3. The fourth-order valence-corrected chi connectivity index (χ4v) is 2.53. The molecule has 0 aliphatic carbocycles. The molecule has 0 atom stereocenters. The zero-order valence-electron chi connectivity index (χ0n) is 10.1. The van der Waals surface area contributed by atoms with Crippen molar-refractivity contribution < 1.29 is 4.74 Å². The van der Waals surface area contributed by atoms with Crippen molar-refractivity contribution in [2.45, 2.75) is 20.0 Å². The number of aryl methyl sites for hydroxylation is 1. The third-order valence-electron chi connectivity index (χ3n) is 2.49. The normalized spacial score (nSPS) is 10.6. The summed E-state index contributed by atoms with van der Waals surface area (Å²) in [6.07, 6.45) is 0.756. The highest BCUT2D eigenvalue weighted by atomic mass is 35.5. The maximum Gasteiger partial charge on any atom is 0.141 e. The minimum atomic E-state index is 0.436. The molecule has 1 heterocycles. The van der Waals surface area contributed by atoms with E-state index in [-0.39, 0.29) is 0 Å². The van der Waals surface area contributed by atoms with Gasteiger partial charge < -0.3 is 10.5 Å². The number of thiazole rings is 1. The van der Waals surface area contributed by atoms with Gasteiger partial charge in [0.1, 0.15) is 12.4 Å². The number of nitrogens with two attached hydrogens (primary N) is 1. The van der Waals surface area contributed by atoms with Crippen LogP contribution in [0.2, 0.25) is 5.02 Å². The first-order valence-electron chi connectivity index (χ1n) is 5.72. The molecule has 0 bridgehead atoms. The lowest BCUT2D eigenvalue weighted by atomic mass is 10.1. The fourth-order valence-electron chi connectivity index (χ4n) is 1.69. The second-order valence-corrected chi connectivity index (χ2v) is 5.38. The third-order valence-corrected chi connectivity index (χ3v) is 3.61. The molecular formula is C13H15ClN2OS. The summed E-state index contributed by atoms with van der Waals surface area (Å²) in [5, 5.41) is 3.65. The summed E-state index contributed by atoms with van der Waals surface area (Å²) in [5.74, 6) is 0.718. The Kier molecular flexibility index (Phi) is 4.58. The summed E-state index contributed by atoms with van der Waals surface area (Å²) in [6.45, 7) is 2.99. The highest BCUT2D eigenvalue weighted by molar-refractivity contribution is 7.09. The number of rotatable bonds is 5. The molecule has 0 aliphatic rings. The largest absolute Gasteiger partial charge is 0.485 e. The van der Waals surface area contributed by atoms with Crippen LogP contribution in [-0.4, -0.2) is 11.5 Å². The molecule has 5 heteroatoms. The van der Waals surface area contributed by atoms with Gasteiger partial charge in [0, 0.05) is 5.38 Å². The van der Waals surface area contributed by atoms with E-state index in [2.05, 4.69) is 4.98 Å². The SMILES string of the molecule is Cc1nc(COc2c(Cl)cccc2CCN)cs1. The molecule has 2 N–H and O–H groups in total. The predicted molar refractivity (Wildman–Crippen MR) is 75.4 cm³/mol. The third kappa shape index (κ3) is 3.22. The number of nitrogens with zero attached hydrogens (tertiary/aromatic N) is 1. The zero-order valence-corrected chi connectivity index (χ0v) is 11.7. The van der Waals surface area contributed by atoms with Crippen LogP contribution < -0.4 is 10.5 Å². The summed E-state index contributed by atoms with van der Waals surface area (Å²) >= 11 is 7.77. The van der Waals surface area contributed by atoms with E-state index in [0.29, 0.717) is 18.2 Å². The van der Waals surface area contributed by atoms with Crippen molar-refractivity contribution in [1.29, 1.82) is 0 Å². The number of hydrogen-bond donors (Lipinski definition) is 1. The Morgan fingerprint density at radius 2 is 2.28 bits per heavy atom. The van der Waals surface area contributed by atoms with Gasteiger partial charge in [0.15, 0.2) is 0 Å². The summed E-state index contributed by atoms with van der Waals surface area (Å²) in [4.78, 5) is 4.36. The molecule has 3 nitrogen and oxygen atoms in total. The van der Waals surface area contributed by atoms with Crippen molar-refractivity contribution in [2.75, 3.05) is 6.54 Å². The summed E-state index contributed by atoms with van der Waals surface area (Å²) in [6, 6.07) is 5.72. The van der Waals surface area contributed by atoms with Crippen LogP contribution >= 0.6 is 22.9 Å². The van der Waals surface area contributed by atoms with E-state index in [4.69, 9.17) is 22.1 Å². The monoisotopic (exact) mass is 282 g/mol. The van der Waals surface area contributed by atoms with Gasteiger partial charge >= 0.3 is 0 Å².